The van der Waals surface area contributed by atoms with Crippen LogP contribution in [-0.4, -0.2) is 19.8 Å². The highest BCUT2D eigenvalue weighted by Crippen LogP contribution is 2.31. The molecule has 0 amide bonds. The molecule has 0 radical (unpaired) electrons. The third kappa shape index (κ3) is 3.39. The zero-order valence-corrected chi connectivity index (χ0v) is 13.3. The van der Waals surface area contributed by atoms with E-state index in [0.29, 0.717) is 19.3 Å². The van der Waals surface area contributed by atoms with E-state index >= 15 is 0 Å². The van der Waals surface area contributed by atoms with Gasteiger partial charge in [0, 0.05) is 10.9 Å². The lowest BCUT2D eigenvalue weighted by Crippen LogP contribution is -2.21. The van der Waals surface area contributed by atoms with Gasteiger partial charge in [-0.1, -0.05) is 6.07 Å². The molecule has 0 bridgehead atoms. The van der Waals surface area contributed by atoms with Crippen LogP contribution in [0.2, 0.25) is 0 Å². The van der Waals surface area contributed by atoms with Crippen LogP contribution in [0.15, 0.2) is 29.6 Å². The Hall–Kier alpha value is -1.52. The fourth-order valence-electron chi connectivity index (χ4n) is 2.60. The predicted octanol–water partition coefficient (Wildman–Crippen LogP) is 3.72. The lowest BCUT2D eigenvalue weighted by Gasteiger charge is -2.19. The van der Waals surface area contributed by atoms with Crippen molar-refractivity contribution in [3.8, 4) is 11.5 Å². The minimum Gasteiger partial charge on any atom is -0.486 e. The molecule has 3 rings (SSSR count). The quantitative estimate of drug-likeness (QED) is 0.913. The van der Waals surface area contributed by atoms with Crippen molar-refractivity contribution in [2.45, 2.75) is 26.3 Å². The van der Waals surface area contributed by atoms with Crippen LogP contribution < -0.4 is 14.8 Å². The molecule has 4 heteroatoms. The maximum atomic E-state index is 5.62. The Labute approximate surface area is 129 Å². The number of rotatable bonds is 5. The molecule has 3 nitrogen and oxygen atoms in total. The molecule has 0 fully saturated rings. The van der Waals surface area contributed by atoms with Crippen molar-refractivity contribution in [1.29, 1.82) is 0 Å². The molecule has 0 aliphatic carbocycles. The summed E-state index contributed by atoms with van der Waals surface area (Å²) in [6, 6.07) is 8.81. The molecule has 1 N–H and O–H groups in total. The number of aryl methyl sites for hydroxylation is 1. The number of thiophene rings is 1. The van der Waals surface area contributed by atoms with Crippen molar-refractivity contribution >= 4 is 11.3 Å². The largest absolute Gasteiger partial charge is 0.486 e. The number of benzene rings is 1. The normalized spacial score (nSPS) is 15.0. The highest BCUT2D eigenvalue weighted by Gasteiger charge is 2.12. The molecule has 0 saturated carbocycles. The van der Waals surface area contributed by atoms with Crippen LogP contribution in [-0.2, 0) is 6.42 Å². The molecule has 1 aliphatic heterocycles. The second-order valence-corrected chi connectivity index (χ2v) is 6.32. The zero-order chi connectivity index (χ0) is 14.7. The van der Waals surface area contributed by atoms with Gasteiger partial charge in [0.25, 0.3) is 0 Å². The smallest absolute Gasteiger partial charge is 0.161 e. The fourth-order valence-corrected chi connectivity index (χ4v) is 3.56. The van der Waals surface area contributed by atoms with Crippen molar-refractivity contribution in [2.24, 2.45) is 0 Å². The van der Waals surface area contributed by atoms with E-state index in [9.17, 15) is 0 Å². The highest BCUT2D eigenvalue weighted by atomic mass is 32.1. The van der Waals surface area contributed by atoms with E-state index in [-0.39, 0.29) is 0 Å². The van der Waals surface area contributed by atoms with Gasteiger partial charge in [0.15, 0.2) is 11.5 Å². The first kappa shape index (κ1) is 14.4. The second-order valence-electron chi connectivity index (χ2n) is 5.37. The van der Waals surface area contributed by atoms with Gasteiger partial charge in [0.2, 0.25) is 0 Å². The van der Waals surface area contributed by atoms with Gasteiger partial charge in [-0.2, -0.15) is 0 Å². The van der Waals surface area contributed by atoms with Gasteiger partial charge >= 0.3 is 0 Å². The van der Waals surface area contributed by atoms with Gasteiger partial charge in [-0.25, -0.2) is 0 Å². The van der Waals surface area contributed by atoms with Crippen molar-refractivity contribution < 1.29 is 9.47 Å². The maximum Gasteiger partial charge on any atom is 0.161 e. The number of hydrogen-bond acceptors (Lipinski definition) is 4. The summed E-state index contributed by atoms with van der Waals surface area (Å²) in [5, 5.41) is 5.75. The molecule has 21 heavy (non-hydrogen) atoms. The van der Waals surface area contributed by atoms with Crippen LogP contribution in [0.5, 0.6) is 11.5 Å². The van der Waals surface area contributed by atoms with Gasteiger partial charge < -0.3 is 14.8 Å². The molecule has 2 heterocycles. The average molecular weight is 303 g/mol. The Bertz CT molecular complexity index is 609. The fraction of sp³-hybridized carbons (Fsp3) is 0.412. The molecule has 2 aromatic rings. The third-order valence-electron chi connectivity index (χ3n) is 3.77. The van der Waals surface area contributed by atoms with Crippen LogP contribution in [0.1, 0.15) is 29.0 Å². The number of ether oxygens (including phenoxy) is 2. The minimum atomic E-state index is 0.405. The first-order chi connectivity index (χ1) is 10.2. The summed E-state index contributed by atoms with van der Waals surface area (Å²) < 4.78 is 11.2. The molecule has 1 atom stereocenters. The van der Waals surface area contributed by atoms with E-state index in [1.807, 2.05) is 17.4 Å². The van der Waals surface area contributed by atoms with Gasteiger partial charge in [-0.3, -0.25) is 0 Å². The summed E-state index contributed by atoms with van der Waals surface area (Å²) in [7, 11) is 0. The predicted molar refractivity (Wildman–Crippen MR) is 86.6 cm³/mol. The van der Waals surface area contributed by atoms with E-state index in [2.05, 4.69) is 42.7 Å². The SMILES string of the molecule is Cc1ccsc1C(C)NCCc1ccc2c(c1)OCCO2. The third-order valence-corrected chi connectivity index (χ3v) is 4.97. The summed E-state index contributed by atoms with van der Waals surface area (Å²) in [5.74, 6) is 1.74. The van der Waals surface area contributed by atoms with Crippen LogP contribution in [0, 0.1) is 6.92 Å². The lowest BCUT2D eigenvalue weighted by atomic mass is 10.1. The number of fused-ring (bicyclic) bond motifs is 1. The van der Waals surface area contributed by atoms with E-state index in [0.717, 1.165) is 24.5 Å². The summed E-state index contributed by atoms with van der Waals surface area (Å²) >= 11 is 1.82. The second kappa shape index (κ2) is 6.50. The number of hydrogen-bond donors (Lipinski definition) is 1. The molecule has 112 valence electrons. The van der Waals surface area contributed by atoms with Gasteiger partial charge in [0.05, 0.1) is 0 Å². The van der Waals surface area contributed by atoms with Crippen molar-refractivity contribution in [3.63, 3.8) is 0 Å². The number of nitrogens with one attached hydrogen (secondary N) is 1. The summed E-state index contributed by atoms with van der Waals surface area (Å²) in [6.07, 6.45) is 0.991. The molecule has 1 unspecified atom stereocenters. The van der Waals surface area contributed by atoms with Crippen LogP contribution in [0.3, 0.4) is 0 Å². The summed E-state index contributed by atoms with van der Waals surface area (Å²) in [4.78, 5) is 1.43. The summed E-state index contributed by atoms with van der Waals surface area (Å²) in [6.45, 7) is 6.64. The maximum absolute atomic E-state index is 5.62. The van der Waals surface area contributed by atoms with E-state index in [4.69, 9.17) is 9.47 Å². The molecule has 0 spiro atoms. The molecular weight excluding hydrogens is 282 g/mol. The average Bonchev–Trinajstić information content (AvgIpc) is 2.93. The zero-order valence-electron chi connectivity index (χ0n) is 12.5. The Morgan fingerprint density at radius 1 is 1.19 bits per heavy atom. The van der Waals surface area contributed by atoms with Crippen LogP contribution >= 0.6 is 11.3 Å². The van der Waals surface area contributed by atoms with E-state index < -0.39 is 0 Å². The standard InChI is InChI=1S/C17H21NO2S/c1-12-6-10-21-17(12)13(2)18-7-5-14-3-4-15-16(11-14)20-9-8-19-15/h3-4,6,10-11,13,18H,5,7-9H2,1-2H3. The molecule has 0 saturated heterocycles. The molecular formula is C17H21NO2S. The Kier molecular flexibility index (Phi) is 4.46. The van der Waals surface area contributed by atoms with Crippen LogP contribution in [0.25, 0.3) is 0 Å². The lowest BCUT2D eigenvalue weighted by molar-refractivity contribution is 0.171. The molecule has 1 aromatic carbocycles. The van der Waals surface area contributed by atoms with Gasteiger partial charge in [0.1, 0.15) is 13.2 Å². The Balaban J connectivity index is 1.55. The van der Waals surface area contributed by atoms with Crippen molar-refractivity contribution in [1.82, 2.24) is 5.32 Å². The molecule has 1 aromatic heterocycles. The highest BCUT2D eigenvalue weighted by molar-refractivity contribution is 7.10. The first-order valence-electron chi connectivity index (χ1n) is 7.40. The van der Waals surface area contributed by atoms with Crippen molar-refractivity contribution in [3.05, 3.63) is 45.6 Å². The minimum absolute atomic E-state index is 0.405. The van der Waals surface area contributed by atoms with E-state index in [1.54, 1.807) is 0 Å². The van der Waals surface area contributed by atoms with E-state index in [1.165, 1.54) is 16.0 Å². The van der Waals surface area contributed by atoms with Crippen molar-refractivity contribution in [2.75, 3.05) is 19.8 Å². The monoisotopic (exact) mass is 303 g/mol. The van der Waals surface area contributed by atoms with Crippen LogP contribution in [0.4, 0.5) is 0 Å². The van der Waals surface area contributed by atoms with Gasteiger partial charge in [-0.15, -0.1) is 11.3 Å². The first-order valence-corrected chi connectivity index (χ1v) is 8.28. The summed E-state index contributed by atoms with van der Waals surface area (Å²) in [5.41, 5.74) is 2.65. The topological polar surface area (TPSA) is 30.5 Å². The van der Waals surface area contributed by atoms with Gasteiger partial charge in [-0.05, 0) is 61.5 Å². The Morgan fingerprint density at radius 3 is 2.76 bits per heavy atom. The molecule has 1 aliphatic rings. The Morgan fingerprint density at radius 2 is 2.00 bits per heavy atom.